The summed E-state index contributed by atoms with van der Waals surface area (Å²) in [5.74, 6) is -0.639. The van der Waals surface area contributed by atoms with Gasteiger partial charge in [0.1, 0.15) is 11.9 Å². The van der Waals surface area contributed by atoms with E-state index in [0.717, 1.165) is 11.6 Å². The van der Waals surface area contributed by atoms with Crippen molar-refractivity contribution in [3.8, 4) is 6.07 Å². The molecule has 0 fully saturated rings. The van der Waals surface area contributed by atoms with Crippen LogP contribution in [0.15, 0.2) is 52.5 Å². The predicted molar refractivity (Wildman–Crippen MR) is 80.2 cm³/mol. The Bertz CT molecular complexity index is 853. The number of nitriles is 1. The lowest BCUT2D eigenvalue weighted by molar-refractivity contribution is 0.584. The Kier molecular flexibility index (Phi) is 4.53. The summed E-state index contributed by atoms with van der Waals surface area (Å²) in [5, 5.41) is 12.3. The van der Waals surface area contributed by atoms with E-state index >= 15 is 0 Å². The van der Waals surface area contributed by atoms with Gasteiger partial charge in [0.15, 0.2) is 0 Å². The number of nitrogens with zero attached hydrogens (tertiary/aromatic N) is 2. The van der Waals surface area contributed by atoms with Gasteiger partial charge in [0.25, 0.3) is 10.0 Å². The maximum absolute atomic E-state index is 13.2. The minimum absolute atomic E-state index is 0.0899. The summed E-state index contributed by atoms with van der Waals surface area (Å²) in [5.41, 5.74) is 1.22. The van der Waals surface area contributed by atoms with Crippen LogP contribution in [0.1, 0.15) is 16.7 Å². The van der Waals surface area contributed by atoms with Gasteiger partial charge in [-0.3, -0.25) is 0 Å². The van der Waals surface area contributed by atoms with Gasteiger partial charge < -0.3 is 0 Å². The summed E-state index contributed by atoms with van der Waals surface area (Å²) in [4.78, 5) is 2.15. The highest BCUT2D eigenvalue weighted by Crippen LogP contribution is 2.10. The van der Waals surface area contributed by atoms with Crippen molar-refractivity contribution in [1.82, 2.24) is 4.83 Å². The minimum atomic E-state index is -3.76. The first kappa shape index (κ1) is 15.7. The van der Waals surface area contributed by atoms with Crippen molar-refractivity contribution in [3.05, 3.63) is 65.0 Å². The van der Waals surface area contributed by atoms with Crippen LogP contribution in [0.3, 0.4) is 0 Å². The molecule has 0 atom stereocenters. The van der Waals surface area contributed by atoms with Crippen molar-refractivity contribution in [2.24, 2.45) is 5.10 Å². The minimum Gasteiger partial charge on any atom is -0.206 e. The fourth-order valence-corrected chi connectivity index (χ4v) is 2.44. The quantitative estimate of drug-likeness (QED) is 0.694. The first-order chi connectivity index (χ1) is 10.4. The molecule has 0 aliphatic heterocycles. The summed E-state index contributed by atoms with van der Waals surface area (Å²) in [6.45, 7) is 1.85. The van der Waals surface area contributed by atoms with E-state index in [1.807, 2.05) is 6.92 Å². The molecule has 2 rings (SSSR count). The van der Waals surface area contributed by atoms with Crippen molar-refractivity contribution in [2.45, 2.75) is 11.8 Å². The molecule has 0 aromatic heterocycles. The van der Waals surface area contributed by atoms with Crippen molar-refractivity contribution < 1.29 is 12.8 Å². The molecule has 2 aromatic rings. The molecule has 0 radical (unpaired) electrons. The van der Waals surface area contributed by atoms with E-state index < -0.39 is 15.8 Å². The first-order valence-electron chi connectivity index (χ1n) is 6.23. The molecule has 5 nitrogen and oxygen atoms in total. The highest BCUT2D eigenvalue weighted by molar-refractivity contribution is 7.89. The normalized spacial score (nSPS) is 11.3. The van der Waals surface area contributed by atoms with E-state index in [1.165, 1.54) is 30.5 Å². The Morgan fingerprint density at radius 1 is 1.23 bits per heavy atom. The smallest absolute Gasteiger partial charge is 0.206 e. The second kappa shape index (κ2) is 6.37. The van der Waals surface area contributed by atoms with Crippen LogP contribution in [0.4, 0.5) is 4.39 Å². The average Bonchev–Trinajstić information content (AvgIpc) is 2.49. The van der Waals surface area contributed by atoms with Gasteiger partial charge in [-0.1, -0.05) is 23.8 Å². The molecule has 1 N–H and O–H groups in total. The maximum Gasteiger partial charge on any atom is 0.276 e. The van der Waals surface area contributed by atoms with Gasteiger partial charge in [-0.25, -0.2) is 9.22 Å². The highest BCUT2D eigenvalue weighted by Gasteiger charge is 2.11. The van der Waals surface area contributed by atoms with Gasteiger partial charge in [0.2, 0.25) is 0 Å². The van der Waals surface area contributed by atoms with E-state index in [0.29, 0.717) is 5.56 Å². The Balaban J connectivity index is 2.15. The van der Waals surface area contributed by atoms with Crippen LogP contribution in [0, 0.1) is 24.1 Å². The topological polar surface area (TPSA) is 82.3 Å². The lowest BCUT2D eigenvalue weighted by Crippen LogP contribution is -2.18. The van der Waals surface area contributed by atoms with Crippen LogP contribution in [-0.4, -0.2) is 14.6 Å². The number of sulfonamides is 1. The Morgan fingerprint density at radius 3 is 2.55 bits per heavy atom. The number of rotatable bonds is 4. The van der Waals surface area contributed by atoms with E-state index in [-0.39, 0.29) is 10.5 Å². The van der Waals surface area contributed by atoms with E-state index in [9.17, 15) is 12.8 Å². The van der Waals surface area contributed by atoms with Crippen LogP contribution in [0.5, 0.6) is 0 Å². The number of hydrogen-bond donors (Lipinski definition) is 1. The molecule has 112 valence electrons. The van der Waals surface area contributed by atoms with Gasteiger partial charge in [0, 0.05) is 0 Å². The van der Waals surface area contributed by atoms with Gasteiger partial charge in [-0.15, -0.1) is 0 Å². The Hall–Kier alpha value is -2.72. The molecule has 0 spiro atoms. The predicted octanol–water partition coefficient (Wildman–Crippen LogP) is 2.32. The van der Waals surface area contributed by atoms with Gasteiger partial charge >= 0.3 is 0 Å². The van der Waals surface area contributed by atoms with Crippen molar-refractivity contribution >= 4 is 16.2 Å². The van der Waals surface area contributed by atoms with Crippen molar-refractivity contribution in [1.29, 1.82) is 5.26 Å². The third-order valence-electron chi connectivity index (χ3n) is 2.83. The summed E-state index contributed by atoms with van der Waals surface area (Å²) < 4.78 is 37.1. The lowest BCUT2D eigenvalue weighted by Gasteiger charge is -2.03. The van der Waals surface area contributed by atoms with Crippen molar-refractivity contribution in [2.75, 3.05) is 0 Å². The van der Waals surface area contributed by atoms with Gasteiger partial charge in [-0.2, -0.15) is 18.8 Å². The second-order valence-corrected chi connectivity index (χ2v) is 6.18. The summed E-state index contributed by atoms with van der Waals surface area (Å²) in [6, 6.07) is 11.8. The molecule has 0 bridgehead atoms. The van der Waals surface area contributed by atoms with Crippen LogP contribution >= 0.6 is 0 Å². The monoisotopic (exact) mass is 317 g/mol. The third-order valence-corrected chi connectivity index (χ3v) is 4.07. The molecule has 0 amide bonds. The summed E-state index contributed by atoms with van der Waals surface area (Å²) in [7, 11) is -3.76. The fourth-order valence-electron chi connectivity index (χ4n) is 1.65. The first-order valence-corrected chi connectivity index (χ1v) is 7.72. The molecule has 0 saturated carbocycles. The number of nitrogens with one attached hydrogen (secondary N) is 1. The number of hydrogen-bond acceptors (Lipinski definition) is 4. The molecule has 0 saturated heterocycles. The summed E-state index contributed by atoms with van der Waals surface area (Å²) >= 11 is 0. The van der Waals surface area contributed by atoms with Crippen molar-refractivity contribution in [3.63, 3.8) is 0 Å². The molecule has 2 aromatic carbocycles. The Labute approximate surface area is 127 Å². The molecule has 0 aliphatic rings. The van der Waals surface area contributed by atoms with Gasteiger partial charge in [0.05, 0.1) is 16.7 Å². The fraction of sp³-hybridized carbons (Fsp3) is 0.0667. The Morgan fingerprint density at radius 2 is 1.91 bits per heavy atom. The summed E-state index contributed by atoms with van der Waals surface area (Å²) in [6.07, 6.45) is 1.20. The van der Waals surface area contributed by atoms with Crippen LogP contribution < -0.4 is 4.83 Å². The van der Waals surface area contributed by atoms with Gasteiger partial charge in [-0.05, 0) is 36.8 Å². The zero-order valence-electron chi connectivity index (χ0n) is 11.6. The molecular weight excluding hydrogens is 305 g/mol. The highest BCUT2D eigenvalue weighted by atomic mass is 32.2. The second-order valence-electron chi connectivity index (χ2n) is 4.52. The van der Waals surface area contributed by atoms with E-state index in [1.54, 1.807) is 18.2 Å². The van der Waals surface area contributed by atoms with Crippen LogP contribution in [0.2, 0.25) is 0 Å². The number of benzene rings is 2. The van der Waals surface area contributed by atoms with Crippen LogP contribution in [0.25, 0.3) is 0 Å². The van der Waals surface area contributed by atoms with E-state index in [2.05, 4.69) is 9.93 Å². The molecule has 22 heavy (non-hydrogen) atoms. The molecule has 0 heterocycles. The third kappa shape index (κ3) is 3.68. The number of aryl methyl sites for hydroxylation is 1. The lowest BCUT2D eigenvalue weighted by atomic mass is 10.1. The molecule has 0 aliphatic carbocycles. The standard InChI is InChI=1S/C15H12FN3O2S/c1-11-2-5-14(6-3-11)22(20,21)19-18-10-12-4-7-15(16)13(8-12)9-17/h2-8,10,19H,1H3. The SMILES string of the molecule is Cc1ccc(S(=O)(=O)NN=Cc2ccc(F)c(C#N)c2)cc1. The van der Waals surface area contributed by atoms with Crippen LogP contribution in [-0.2, 0) is 10.0 Å². The number of halogens is 1. The maximum atomic E-state index is 13.2. The average molecular weight is 317 g/mol. The molecule has 7 heteroatoms. The largest absolute Gasteiger partial charge is 0.276 e. The zero-order chi connectivity index (χ0) is 16.2. The number of hydrazone groups is 1. The molecular formula is C15H12FN3O2S. The zero-order valence-corrected chi connectivity index (χ0v) is 12.4. The molecule has 0 unspecified atom stereocenters. The van der Waals surface area contributed by atoms with E-state index in [4.69, 9.17) is 5.26 Å².